The van der Waals surface area contributed by atoms with Crippen LogP contribution in [0.25, 0.3) is 0 Å². The van der Waals surface area contributed by atoms with Crippen molar-refractivity contribution in [3.63, 3.8) is 0 Å². The van der Waals surface area contributed by atoms with Crippen molar-refractivity contribution in [3.05, 3.63) is 42.0 Å². The molecule has 3 nitrogen and oxygen atoms in total. The minimum absolute atomic E-state index is 0. The zero-order valence-corrected chi connectivity index (χ0v) is 16.9. The van der Waals surface area contributed by atoms with E-state index in [0.29, 0.717) is 6.04 Å². The van der Waals surface area contributed by atoms with Gasteiger partial charge in [-0.05, 0) is 51.8 Å². The first-order valence-corrected chi connectivity index (χ1v) is 8.23. The van der Waals surface area contributed by atoms with Gasteiger partial charge in [-0.2, -0.15) is 0 Å². The van der Waals surface area contributed by atoms with E-state index in [1.54, 1.807) is 0 Å². The Morgan fingerprint density at radius 3 is 2.17 bits per heavy atom. The zero-order valence-electron chi connectivity index (χ0n) is 15.3. The fraction of sp³-hybridized carbons (Fsp3) is 0.579. The van der Waals surface area contributed by atoms with Gasteiger partial charge in [-0.1, -0.05) is 17.7 Å². The first-order valence-electron chi connectivity index (χ1n) is 8.23. The third-order valence-corrected chi connectivity index (χ3v) is 3.82. The minimum atomic E-state index is -0.156. The molecule has 0 amide bonds. The van der Waals surface area contributed by atoms with Crippen LogP contribution < -0.4 is 10.1 Å². The second-order valence-electron chi connectivity index (χ2n) is 7.25. The largest absolute Gasteiger partial charge is 0.488 e. The van der Waals surface area contributed by atoms with Crippen LogP contribution in [0.1, 0.15) is 45.7 Å². The van der Waals surface area contributed by atoms with E-state index >= 15 is 0 Å². The van der Waals surface area contributed by atoms with Crippen LogP contribution in [0.2, 0.25) is 0 Å². The Labute approximate surface area is 159 Å². The molecule has 0 unspecified atom stereocenters. The molecule has 1 aromatic carbocycles. The SMILES string of the molecule is C=C(C)C[C@@H](c1ccc(OC(C)(C)C)cc1)N1CCNCC1.Cl.Cl. The van der Waals surface area contributed by atoms with Crippen LogP contribution in [0, 0.1) is 0 Å². The Kier molecular flexibility index (Phi) is 9.98. The van der Waals surface area contributed by atoms with E-state index in [9.17, 15) is 0 Å². The van der Waals surface area contributed by atoms with Gasteiger partial charge < -0.3 is 10.1 Å². The summed E-state index contributed by atoms with van der Waals surface area (Å²) in [6.07, 6.45) is 1.01. The molecule has 24 heavy (non-hydrogen) atoms. The van der Waals surface area contributed by atoms with Crippen LogP contribution in [0.15, 0.2) is 36.4 Å². The average Bonchev–Trinajstić information content (AvgIpc) is 2.45. The van der Waals surface area contributed by atoms with E-state index in [1.807, 2.05) is 0 Å². The standard InChI is InChI=1S/C19H30N2O.2ClH/c1-15(2)14-18(21-12-10-20-11-13-21)16-6-8-17(9-7-16)22-19(3,4)5;;/h6-9,18,20H,1,10-14H2,2-5H3;2*1H/t18-;;/m0../s1. The van der Waals surface area contributed by atoms with Crippen LogP contribution in [0.4, 0.5) is 0 Å². The lowest BCUT2D eigenvalue weighted by atomic mass is 9.98. The van der Waals surface area contributed by atoms with Crippen molar-refractivity contribution >= 4 is 24.8 Å². The number of ether oxygens (including phenoxy) is 1. The van der Waals surface area contributed by atoms with E-state index in [1.165, 1.54) is 11.1 Å². The van der Waals surface area contributed by atoms with Crippen molar-refractivity contribution in [2.45, 2.75) is 45.8 Å². The highest BCUT2D eigenvalue weighted by Gasteiger charge is 2.22. The van der Waals surface area contributed by atoms with Gasteiger partial charge in [-0.15, -0.1) is 31.4 Å². The summed E-state index contributed by atoms with van der Waals surface area (Å²) in [5, 5.41) is 3.43. The van der Waals surface area contributed by atoms with Crippen molar-refractivity contribution in [1.82, 2.24) is 10.2 Å². The molecule has 0 aliphatic carbocycles. The number of hydrogen-bond donors (Lipinski definition) is 1. The predicted octanol–water partition coefficient (Wildman–Crippen LogP) is 4.62. The molecule has 0 saturated carbocycles. The monoisotopic (exact) mass is 374 g/mol. The van der Waals surface area contributed by atoms with E-state index < -0.39 is 0 Å². The molecular weight excluding hydrogens is 343 g/mol. The van der Waals surface area contributed by atoms with Crippen molar-refractivity contribution in [2.24, 2.45) is 0 Å². The van der Waals surface area contributed by atoms with Crippen molar-refractivity contribution < 1.29 is 4.74 Å². The third kappa shape index (κ3) is 7.43. The van der Waals surface area contributed by atoms with Crippen LogP contribution in [0.5, 0.6) is 5.75 Å². The fourth-order valence-electron chi connectivity index (χ4n) is 2.89. The number of nitrogens with one attached hydrogen (secondary N) is 1. The third-order valence-electron chi connectivity index (χ3n) is 3.82. The van der Waals surface area contributed by atoms with Crippen LogP contribution >= 0.6 is 24.8 Å². The maximum Gasteiger partial charge on any atom is 0.120 e. The molecule has 1 aliphatic rings. The fourth-order valence-corrected chi connectivity index (χ4v) is 2.89. The summed E-state index contributed by atoms with van der Waals surface area (Å²) in [5.41, 5.74) is 2.43. The van der Waals surface area contributed by atoms with Gasteiger partial charge in [0.25, 0.3) is 0 Å². The van der Waals surface area contributed by atoms with E-state index in [-0.39, 0.29) is 30.4 Å². The van der Waals surface area contributed by atoms with Gasteiger partial charge in [-0.3, -0.25) is 4.90 Å². The van der Waals surface area contributed by atoms with Crippen molar-refractivity contribution in [3.8, 4) is 5.75 Å². The molecule has 1 N–H and O–H groups in total. The molecule has 0 aromatic heterocycles. The summed E-state index contributed by atoms with van der Waals surface area (Å²) in [6, 6.07) is 9.01. The van der Waals surface area contributed by atoms with Gasteiger partial charge >= 0.3 is 0 Å². The Bertz CT molecular complexity index is 491. The highest BCUT2D eigenvalue weighted by Crippen LogP contribution is 2.29. The number of piperazine rings is 1. The maximum absolute atomic E-state index is 5.92. The van der Waals surface area contributed by atoms with E-state index in [0.717, 1.165) is 38.3 Å². The molecule has 0 bridgehead atoms. The predicted molar refractivity (Wildman–Crippen MR) is 108 cm³/mol. The number of rotatable bonds is 5. The summed E-state index contributed by atoms with van der Waals surface area (Å²) in [6.45, 7) is 16.8. The lowest BCUT2D eigenvalue weighted by Gasteiger charge is -2.35. The van der Waals surface area contributed by atoms with E-state index in [4.69, 9.17) is 4.74 Å². The van der Waals surface area contributed by atoms with Crippen LogP contribution in [0.3, 0.4) is 0 Å². The van der Waals surface area contributed by atoms with Gasteiger partial charge in [0.2, 0.25) is 0 Å². The van der Waals surface area contributed by atoms with Crippen molar-refractivity contribution in [1.29, 1.82) is 0 Å². The van der Waals surface area contributed by atoms with Gasteiger partial charge in [0.05, 0.1) is 0 Å². The normalized spacial score (nSPS) is 16.5. The second kappa shape index (κ2) is 10.3. The summed E-state index contributed by atoms with van der Waals surface area (Å²) in [5.74, 6) is 0.936. The molecule has 1 aromatic rings. The molecule has 1 fully saturated rings. The number of halogens is 2. The molecule has 5 heteroatoms. The lowest BCUT2D eigenvalue weighted by Crippen LogP contribution is -2.45. The van der Waals surface area contributed by atoms with Gasteiger partial charge in [0, 0.05) is 32.2 Å². The summed E-state index contributed by atoms with van der Waals surface area (Å²) in [7, 11) is 0. The molecular formula is C19H32Cl2N2O. The summed E-state index contributed by atoms with van der Waals surface area (Å²) < 4.78 is 5.92. The Morgan fingerprint density at radius 1 is 1.17 bits per heavy atom. The Balaban J connectivity index is 0.00000264. The number of nitrogens with zero attached hydrogens (tertiary/aromatic N) is 1. The summed E-state index contributed by atoms with van der Waals surface area (Å²) in [4.78, 5) is 2.56. The van der Waals surface area contributed by atoms with Crippen LogP contribution in [-0.4, -0.2) is 36.7 Å². The molecule has 1 aliphatic heterocycles. The highest BCUT2D eigenvalue weighted by atomic mass is 35.5. The summed E-state index contributed by atoms with van der Waals surface area (Å²) >= 11 is 0. The minimum Gasteiger partial charge on any atom is -0.488 e. The molecule has 1 heterocycles. The zero-order chi connectivity index (χ0) is 16.2. The van der Waals surface area contributed by atoms with Gasteiger partial charge in [0.15, 0.2) is 0 Å². The quantitative estimate of drug-likeness (QED) is 0.760. The highest BCUT2D eigenvalue weighted by molar-refractivity contribution is 5.85. The van der Waals surface area contributed by atoms with E-state index in [2.05, 4.69) is 68.8 Å². The van der Waals surface area contributed by atoms with Gasteiger partial charge in [0.1, 0.15) is 11.4 Å². The Morgan fingerprint density at radius 2 is 1.71 bits per heavy atom. The van der Waals surface area contributed by atoms with Crippen molar-refractivity contribution in [2.75, 3.05) is 26.2 Å². The molecule has 2 rings (SSSR count). The number of benzene rings is 1. The van der Waals surface area contributed by atoms with Crippen LogP contribution in [-0.2, 0) is 0 Å². The molecule has 1 atom stereocenters. The maximum atomic E-state index is 5.92. The average molecular weight is 375 g/mol. The molecule has 138 valence electrons. The topological polar surface area (TPSA) is 24.5 Å². The Hall–Kier alpha value is -0.740. The second-order valence-corrected chi connectivity index (χ2v) is 7.25. The molecule has 1 saturated heterocycles. The molecule has 0 radical (unpaired) electrons. The first-order chi connectivity index (χ1) is 10.3. The number of hydrogen-bond acceptors (Lipinski definition) is 3. The molecule has 0 spiro atoms. The smallest absolute Gasteiger partial charge is 0.120 e. The lowest BCUT2D eigenvalue weighted by molar-refractivity contribution is 0.130. The first kappa shape index (κ1) is 23.3. The van der Waals surface area contributed by atoms with Gasteiger partial charge in [-0.25, -0.2) is 0 Å².